The van der Waals surface area contributed by atoms with Crippen LogP contribution in [0.4, 0.5) is 0 Å². The molecule has 3 heteroatoms. The second-order valence-electron chi connectivity index (χ2n) is 8.44. The molecule has 0 fully saturated rings. The van der Waals surface area contributed by atoms with Gasteiger partial charge in [0.2, 0.25) is 0 Å². The summed E-state index contributed by atoms with van der Waals surface area (Å²) in [4.78, 5) is 13.2. The summed E-state index contributed by atoms with van der Waals surface area (Å²) in [6, 6.07) is 23.4. The largest absolute Gasteiger partial charge is 0.457 e. The van der Waals surface area contributed by atoms with Crippen LogP contribution in [0.1, 0.15) is 38.2 Å². The van der Waals surface area contributed by atoms with Crippen LogP contribution in [-0.4, -0.2) is 5.78 Å². The van der Waals surface area contributed by atoms with Crippen LogP contribution in [0.3, 0.4) is 0 Å². The zero-order valence-electron chi connectivity index (χ0n) is 18.7. The van der Waals surface area contributed by atoms with Crippen LogP contribution in [0.25, 0.3) is 11.1 Å². The van der Waals surface area contributed by atoms with Gasteiger partial charge < -0.3 is 9.47 Å². The number of rotatable bonds is 4. The van der Waals surface area contributed by atoms with E-state index in [1.165, 1.54) is 22.3 Å². The van der Waals surface area contributed by atoms with Gasteiger partial charge in [-0.05, 0) is 122 Å². The molecule has 0 saturated carbocycles. The molecule has 0 heterocycles. The number of aryl methyl sites for hydroxylation is 4. The highest BCUT2D eigenvalue weighted by atomic mass is 16.5. The molecule has 5 rings (SSSR count). The van der Waals surface area contributed by atoms with Gasteiger partial charge in [0.25, 0.3) is 0 Å². The lowest BCUT2D eigenvalue weighted by molar-refractivity contribution is 0.104. The Morgan fingerprint density at radius 2 is 0.812 bits per heavy atom. The number of fused-ring (bicyclic) bond motifs is 3. The molecule has 32 heavy (non-hydrogen) atoms. The number of carbonyl (C=O) groups is 1. The minimum Gasteiger partial charge on any atom is -0.457 e. The Hall–Kier alpha value is -3.85. The minimum atomic E-state index is -0.00827. The van der Waals surface area contributed by atoms with Gasteiger partial charge in [0.15, 0.2) is 5.78 Å². The first-order valence-corrected chi connectivity index (χ1v) is 10.7. The fourth-order valence-electron chi connectivity index (χ4n) is 3.99. The SMILES string of the molecule is Cc1ccc(Oc2ccc3c(c2)C(=O)c2cc(Oc4ccc(C)c(C)c4)ccc2-3)cc1C. The van der Waals surface area contributed by atoms with Gasteiger partial charge in [-0.2, -0.15) is 0 Å². The Balaban J connectivity index is 1.42. The number of hydrogen-bond acceptors (Lipinski definition) is 3. The molecule has 0 aromatic heterocycles. The smallest absolute Gasteiger partial charge is 0.194 e. The fourth-order valence-corrected chi connectivity index (χ4v) is 3.99. The molecule has 1 aliphatic carbocycles. The molecule has 0 amide bonds. The molecule has 0 saturated heterocycles. The van der Waals surface area contributed by atoms with E-state index >= 15 is 0 Å². The Morgan fingerprint density at radius 3 is 1.22 bits per heavy atom. The van der Waals surface area contributed by atoms with Crippen molar-refractivity contribution >= 4 is 5.78 Å². The lowest BCUT2D eigenvalue weighted by Gasteiger charge is -2.09. The summed E-state index contributed by atoms with van der Waals surface area (Å²) >= 11 is 0. The summed E-state index contributed by atoms with van der Waals surface area (Å²) in [6.45, 7) is 8.26. The molecule has 0 aliphatic heterocycles. The first-order valence-electron chi connectivity index (χ1n) is 10.7. The standard InChI is InChI=1S/C29H24O3/c1-17-5-7-21(13-19(17)3)31-23-9-11-25-26-12-10-24(16-28(26)29(30)27(25)15-23)32-22-8-6-18(2)20(4)14-22/h5-16H,1-4H3. The lowest BCUT2D eigenvalue weighted by atomic mass is 10.1. The lowest BCUT2D eigenvalue weighted by Crippen LogP contribution is -1.96. The van der Waals surface area contributed by atoms with Crippen molar-refractivity contribution in [2.45, 2.75) is 27.7 Å². The maximum absolute atomic E-state index is 13.2. The van der Waals surface area contributed by atoms with Crippen molar-refractivity contribution in [2.75, 3.05) is 0 Å². The molecule has 1 aliphatic rings. The average Bonchev–Trinajstić information content (AvgIpc) is 3.05. The number of carbonyl (C=O) groups excluding carboxylic acids is 1. The van der Waals surface area contributed by atoms with Gasteiger partial charge in [-0.15, -0.1) is 0 Å². The molecule has 0 spiro atoms. The van der Waals surface area contributed by atoms with E-state index in [4.69, 9.17) is 9.47 Å². The summed E-state index contributed by atoms with van der Waals surface area (Å²) < 4.78 is 12.1. The maximum Gasteiger partial charge on any atom is 0.194 e. The summed E-state index contributed by atoms with van der Waals surface area (Å²) in [6.07, 6.45) is 0. The fraction of sp³-hybridized carbons (Fsp3) is 0.138. The zero-order valence-corrected chi connectivity index (χ0v) is 18.7. The van der Waals surface area contributed by atoms with Gasteiger partial charge in [0, 0.05) is 11.1 Å². The molecule has 0 bridgehead atoms. The second-order valence-corrected chi connectivity index (χ2v) is 8.44. The van der Waals surface area contributed by atoms with Gasteiger partial charge in [0.05, 0.1) is 0 Å². The Bertz CT molecular complexity index is 1280. The van der Waals surface area contributed by atoms with Crippen molar-refractivity contribution in [3.63, 3.8) is 0 Å². The van der Waals surface area contributed by atoms with Crippen molar-refractivity contribution in [1.82, 2.24) is 0 Å². The molecule has 0 radical (unpaired) electrons. The second kappa shape index (κ2) is 7.69. The van der Waals surface area contributed by atoms with E-state index in [0.717, 1.165) is 22.6 Å². The third-order valence-corrected chi connectivity index (χ3v) is 6.19. The van der Waals surface area contributed by atoms with Crippen LogP contribution in [0, 0.1) is 27.7 Å². The third-order valence-electron chi connectivity index (χ3n) is 6.19. The van der Waals surface area contributed by atoms with Crippen molar-refractivity contribution in [1.29, 1.82) is 0 Å². The quantitative estimate of drug-likeness (QED) is 0.299. The molecular weight excluding hydrogens is 396 g/mol. The highest BCUT2D eigenvalue weighted by Crippen LogP contribution is 2.41. The van der Waals surface area contributed by atoms with E-state index < -0.39 is 0 Å². The molecule has 158 valence electrons. The number of benzene rings is 4. The van der Waals surface area contributed by atoms with E-state index in [2.05, 4.69) is 27.7 Å². The first-order chi connectivity index (χ1) is 15.4. The Morgan fingerprint density at radius 1 is 0.438 bits per heavy atom. The van der Waals surface area contributed by atoms with E-state index in [9.17, 15) is 4.79 Å². The molecule has 4 aromatic carbocycles. The van der Waals surface area contributed by atoms with E-state index in [1.54, 1.807) is 0 Å². The molecular formula is C29H24O3. The van der Waals surface area contributed by atoms with Gasteiger partial charge in [-0.1, -0.05) is 12.1 Å². The highest BCUT2D eigenvalue weighted by Gasteiger charge is 2.27. The van der Waals surface area contributed by atoms with Gasteiger partial charge >= 0.3 is 0 Å². The normalized spacial score (nSPS) is 11.8. The van der Waals surface area contributed by atoms with Crippen LogP contribution < -0.4 is 9.47 Å². The minimum absolute atomic E-state index is 0.00827. The van der Waals surface area contributed by atoms with Crippen LogP contribution in [0.2, 0.25) is 0 Å². The summed E-state index contributed by atoms with van der Waals surface area (Å²) in [5, 5.41) is 0. The molecule has 0 N–H and O–H groups in total. The van der Waals surface area contributed by atoms with E-state index in [0.29, 0.717) is 22.6 Å². The van der Waals surface area contributed by atoms with Crippen molar-refractivity contribution in [2.24, 2.45) is 0 Å². The van der Waals surface area contributed by atoms with Crippen molar-refractivity contribution in [3.8, 4) is 34.1 Å². The molecule has 0 unspecified atom stereocenters. The van der Waals surface area contributed by atoms with Crippen LogP contribution >= 0.6 is 0 Å². The third kappa shape index (κ3) is 3.56. The topological polar surface area (TPSA) is 35.5 Å². The van der Waals surface area contributed by atoms with Crippen molar-refractivity contribution in [3.05, 3.63) is 106 Å². The summed E-state index contributed by atoms with van der Waals surface area (Å²) in [5.41, 5.74) is 7.94. The van der Waals surface area contributed by atoms with E-state index in [-0.39, 0.29) is 5.78 Å². The molecule has 4 aromatic rings. The van der Waals surface area contributed by atoms with Crippen LogP contribution in [-0.2, 0) is 0 Å². The van der Waals surface area contributed by atoms with Gasteiger partial charge in [-0.3, -0.25) is 4.79 Å². The summed E-state index contributed by atoms with van der Waals surface area (Å²) in [7, 11) is 0. The monoisotopic (exact) mass is 420 g/mol. The Labute approximate surface area is 188 Å². The molecule has 0 atom stereocenters. The predicted molar refractivity (Wildman–Crippen MR) is 127 cm³/mol. The predicted octanol–water partition coefficient (Wildman–Crippen LogP) is 7.72. The molecule has 3 nitrogen and oxygen atoms in total. The number of hydrogen-bond donors (Lipinski definition) is 0. The number of ether oxygens (including phenoxy) is 2. The van der Waals surface area contributed by atoms with Crippen LogP contribution in [0.15, 0.2) is 72.8 Å². The van der Waals surface area contributed by atoms with Crippen LogP contribution in [0.5, 0.6) is 23.0 Å². The van der Waals surface area contributed by atoms with Gasteiger partial charge in [-0.25, -0.2) is 0 Å². The Kier molecular flexibility index (Phi) is 4.82. The zero-order chi connectivity index (χ0) is 22.4. The first kappa shape index (κ1) is 20.1. The number of ketones is 1. The highest BCUT2D eigenvalue weighted by molar-refractivity contribution is 6.22. The average molecular weight is 421 g/mol. The van der Waals surface area contributed by atoms with E-state index in [1.807, 2.05) is 72.8 Å². The maximum atomic E-state index is 13.2. The van der Waals surface area contributed by atoms with Crippen molar-refractivity contribution < 1.29 is 14.3 Å². The van der Waals surface area contributed by atoms with Gasteiger partial charge in [0.1, 0.15) is 23.0 Å². The summed E-state index contributed by atoms with van der Waals surface area (Å²) in [5.74, 6) is 2.82.